The predicted molar refractivity (Wildman–Crippen MR) is 89.6 cm³/mol. The van der Waals surface area contributed by atoms with E-state index in [9.17, 15) is 24.9 Å². The minimum absolute atomic E-state index is 0.0678. The summed E-state index contributed by atoms with van der Waals surface area (Å²) in [6, 6.07) is 8.05. The standard InChI is InChI=1S/C20H16O6/c21-11-3-1-2-9-8(4-6-12(22)14(9)11)10-5-7-13(23)16-15(10)17(24)19-20(26-19)18(16)25/h1-3,5,7-8,18-21,23,25H,4,6H2/t8-,18+,19-,20+/m0/s1. The molecule has 26 heavy (non-hydrogen) atoms. The van der Waals surface area contributed by atoms with E-state index in [1.165, 1.54) is 12.1 Å². The van der Waals surface area contributed by atoms with Crippen LogP contribution in [0.1, 0.15) is 62.3 Å². The molecular formula is C20H16O6. The summed E-state index contributed by atoms with van der Waals surface area (Å²) < 4.78 is 5.28. The monoisotopic (exact) mass is 352 g/mol. The van der Waals surface area contributed by atoms with Crippen LogP contribution in [0.4, 0.5) is 0 Å². The second-order valence-corrected chi connectivity index (χ2v) is 7.05. The highest BCUT2D eigenvalue weighted by Gasteiger charge is 2.56. The van der Waals surface area contributed by atoms with Gasteiger partial charge in [-0.15, -0.1) is 0 Å². The quantitative estimate of drug-likeness (QED) is 0.679. The van der Waals surface area contributed by atoms with Gasteiger partial charge in [-0.2, -0.15) is 0 Å². The molecule has 0 bridgehead atoms. The fraction of sp³-hybridized carbons (Fsp3) is 0.300. The zero-order valence-corrected chi connectivity index (χ0v) is 13.7. The molecule has 1 saturated heterocycles. The van der Waals surface area contributed by atoms with E-state index in [2.05, 4.69) is 0 Å². The highest BCUT2D eigenvalue weighted by atomic mass is 16.6. The van der Waals surface area contributed by atoms with E-state index < -0.39 is 18.3 Å². The molecule has 0 radical (unpaired) electrons. The predicted octanol–water partition coefficient (Wildman–Crippen LogP) is 2.20. The molecule has 3 N–H and O–H groups in total. The number of hydrogen-bond donors (Lipinski definition) is 3. The smallest absolute Gasteiger partial charge is 0.195 e. The van der Waals surface area contributed by atoms with Gasteiger partial charge >= 0.3 is 0 Å². The molecule has 1 heterocycles. The largest absolute Gasteiger partial charge is 0.508 e. The van der Waals surface area contributed by atoms with Crippen molar-refractivity contribution in [3.05, 3.63) is 58.1 Å². The SMILES string of the molecule is O=C1CC[C@H](c2ccc(O)c3c2C(=O)[C@@H]2O[C@@H]2[C@@H]3O)c2cccc(O)c21. The number of Topliss-reactive ketones (excluding diaryl/α,β-unsaturated/α-hetero) is 2. The number of carbonyl (C=O) groups is 2. The van der Waals surface area contributed by atoms with Crippen LogP contribution in [-0.2, 0) is 4.74 Å². The number of aliphatic hydroxyl groups is 1. The van der Waals surface area contributed by atoms with Crippen molar-refractivity contribution in [2.24, 2.45) is 0 Å². The van der Waals surface area contributed by atoms with E-state index in [1.807, 2.05) is 0 Å². The Morgan fingerprint density at radius 3 is 2.54 bits per heavy atom. The normalized spacial score (nSPS) is 29.0. The summed E-state index contributed by atoms with van der Waals surface area (Å²) in [5.41, 5.74) is 2.08. The number of benzene rings is 2. The summed E-state index contributed by atoms with van der Waals surface area (Å²) in [4.78, 5) is 25.1. The first kappa shape index (κ1) is 15.5. The van der Waals surface area contributed by atoms with Gasteiger partial charge in [0.25, 0.3) is 0 Å². The zero-order chi connectivity index (χ0) is 18.2. The van der Waals surface area contributed by atoms with E-state index in [4.69, 9.17) is 4.74 Å². The Bertz CT molecular complexity index is 979. The third-order valence-electron chi connectivity index (χ3n) is 5.66. The number of aliphatic hydroxyl groups excluding tert-OH is 1. The van der Waals surface area contributed by atoms with Crippen molar-refractivity contribution in [1.82, 2.24) is 0 Å². The molecule has 6 heteroatoms. The van der Waals surface area contributed by atoms with Crippen LogP contribution in [0, 0.1) is 0 Å². The molecule has 6 nitrogen and oxygen atoms in total. The average Bonchev–Trinajstić information content (AvgIpc) is 3.42. The number of carbonyl (C=O) groups excluding carboxylic acids is 2. The third kappa shape index (κ3) is 1.94. The lowest BCUT2D eigenvalue weighted by atomic mass is 9.73. The van der Waals surface area contributed by atoms with Crippen LogP contribution in [0.3, 0.4) is 0 Å². The Balaban J connectivity index is 1.74. The number of phenols is 2. The number of aromatic hydroxyl groups is 2. The maximum Gasteiger partial charge on any atom is 0.195 e. The van der Waals surface area contributed by atoms with Gasteiger partial charge < -0.3 is 20.1 Å². The molecule has 2 aliphatic carbocycles. The molecule has 2 aromatic carbocycles. The molecule has 0 aromatic heterocycles. The molecule has 0 amide bonds. The van der Waals surface area contributed by atoms with Crippen molar-refractivity contribution < 1.29 is 29.6 Å². The minimum Gasteiger partial charge on any atom is -0.508 e. The Kier molecular flexibility index (Phi) is 3.08. The van der Waals surface area contributed by atoms with Crippen LogP contribution in [0.15, 0.2) is 30.3 Å². The van der Waals surface area contributed by atoms with Crippen molar-refractivity contribution in [3.63, 3.8) is 0 Å². The number of phenolic OH excluding ortho intramolecular Hbond substituents is 2. The topological polar surface area (TPSA) is 107 Å². The van der Waals surface area contributed by atoms with Gasteiger partial charge in [0.05, 0.1) is 5.56 Å². The number of epoxide rings is 1. The van der Waals surface area contributed by atoms with Crippen LogP contribution in [-0.4, -0.2) is 39.1 Å². The van der Waals surface area contributed by atoms with E-state index in [0.717, 1.165) is 0 Å². The lowest BCUT2D eigenvalue weighted by Gasteiger charge is -2.29. The van der Waals surface area contributed by atoms with Crippen molar-refractivity contribution in [1.29, 1.82) is 0 Å². The second kappa shape index (κ2) is 5.16. The van der Waals surface area contributed by atoms with Gasteiger partial charge in [0.1, 0.15) is 29.8 Å². The first-order chi connectivity index (χ1) is 12.5. The van der Waals surface area contributed by atoms with Gasteiger partial charge in [-0.05, 0) is 29.7 Å². The maximum absolute atomic E-state index is 12.8. The first-order valence-electron chi connectivity index (χ1n) is 8.57. The van der Waals surface area contributed by atoms with Crippen LogP contribution in [0.5, 0.6) is 11.5 Å². The molecule has 0 saturated carbocycles. The van der Waals surface area contributed by atoms with Gasteiger partial charge in [0, 0.05) is 23.5 Å². The highest BCUT2D eigenvalue weighted by molar-refractivity contribution is 6.07. The van der Waals surface area contributed by atoms with Crippen LogP contribution in [0.25, 0.3) is 0 Å². The number of fused-ring (bicyclic) bond motifs is 3. The number of ketones is 2. The minimum atomic E-state index is -1.05. The van der Waals surface area contributed by atoms with Crippen molar-refractivity contribution in [2.45, 2.75) is 37.1 Å². The maximum atomic E-state index is 12.8. The Morgan fingerprint density at radius 1 is 0.962 bits per heavy atom. The summed E-state index contributed by atoms with van der Waals surface area (Å²) in [5, 5.41) is 30.8. The second-order valence-electron chi connectivity index (χ2n) is 7.05. The first-order valence-corrected chi connectivity index (χ1v) is 8.57. The van der Waals surface area contributed by atoms with Gasteiger partial charge in [0.15, 0.2) is 11.6 Å². The molecule has 132 valence electrons. The summed E-state index contributed by atoms with van der Waals surface area (Å²) in [6.45, 7) is 0. The highest BCUT2D eigenvalue weighted by Crippen LogP contribution is 2.50. The molecular weight excluding hydrogens is 336 g/mol. The van der Waals surface area contributed by atoms with E-state index in [1.54, 1.807) is 18.2 Å². The molecule has 4 atom stereocenters. The van der Waals surface area contributed by atoms with Gasteiger partial charge in [-0.3, -0.25) is 9.59 Å². The number of ether oxygens (including phenoxy) is 1. The lowest BCUT2D eigenvalue weighted by Crippen LogP contribution is -2.28. The van der Waals surface area contributed by atoms with Gasteiger partial charge in [0.2, 0.25) is 0 Å². The lowest BCUT2D eigenvalue weighted by molar-refractivity contribution is 0.0937. The molecule has 2 aromatic rings. The summed E-state index contributed by atoms with van der Waals surface area (Å²) >= 11 is 0. The molecule has 0 spiro atoms. The van der Waals surface area contributed by atoms with Crippen LogP contribution >= 0.6 is 0 Å². The van der Waals surface area contributed by atoms with E-state index >= 15 is 0 Å². The fourth-order valence-electron chi connectivity index (χ4n) is 4.40. The summed E-state index contributed by atoms with van der Waals surface area (Å²) in [7, 11) is 0. The van der Waals surface area contributed by atoms with Crippen LogP contribution in [0.2, 0.25) is 0 Å². The Morgan fingerprint density at radius 2 is 1.73 bits per heavy atom. The Hall–Kier alpha value is -2.70. The van der Waals surface area contributed by atoms with Crippen LogP contribution < -0.4 is 0 Å². The van der Waals surface area contributed by atoms with Crippen molar-refractivity contribution in [2.75, 3.05) is 0 Å². The van der Waals surface area contributed by atoms with Gasteiger partial charge in [-0.1, -0.05) is 18.2 Å². The molecule has 1 fully saturated rings. The van der Waals surface area contributed by atoms with Crippen molar-refractivity contribution >= 4 is 11.6 Å². The van der Waals surface area contributed by atoms with Gasteiger partial charge in [-0.25, -0.2) is 0 Å². The number of rotatable bonds is 1. The summed E-state index contributed by atoms with van der Waals surface area (Å²) in [5.74, 6) is -0.863. The molecule has 3 aliphatic rings. The average molecular weight is 352 g/mol. The summed E-state index contributed by atoms with van der Waals surface area (Å²) in [6.07, 6.45) is -1.58. The van der Waals surface area contributed by atoms with E-state index in [-0.39, 0.29) is 52.1 Å². The molecule has 0 unspecified atom stereocenters. The van der Waals surface area contributed by atoms with Crippen molar-refractivity contribution in [3.8, 4) is 11.5 Å². The fourth-order valence-corrected chi connectivity index (χ4v) is 4.40. The molecule has 5 rings (SSSR count). The van der Waals surface area contributed by atoms with E-state index in [0.29, 0.717) is 17.5 Å². The zero-order valence-electron chi connectivity index (χ0n) is 13.7. The number of hydrogen-bond acceptors (Lipinski definition) is 6. The molecule has 1 aliphatic heterocycles. The third-order valence-corrected chi connectivity index (χ3v) is 5.66. The Labute approximate surface area is 148 Å².